The number of hydrogen-bond acceptors (Lipinski definition) is 5. The van der Waals surface area contributed by atoms with Crippen molar-refractivity contribution in [2.45, 2.75) is 33.4 Å². The van der Waals surface area contributed by atoms with Gasteiger partial charge in [0.15, 0.2) is 11.2 Å². The smallest absolute Gasteiger partial charge is 0.332 e. The molecule has 0 spiro atoms. The summed E-state index contributed by atoms with van der Waals surface area (Å²) in [5.41, 5.74) is 1.26. The fourth-order valence-electron chi connectivity index (χ4n) is 3.98. The predicted octanol–water partition coefficient (Wildman–Crippen LogP) is 0.756. The highest BCUT2D eigenvalue weighted by Crippen LogP contribution is 2.16. The molecule has 3 aromatic rings. The standard InChI is InChI=1S/C20H28N6O3/c1-4-5-8-25-18(27)16-17(22(3)20(25)28)21-19-24(15(2)14-26(16)19)9-6-7-23-10-12-29-13-11-23/h4-5,14H,6-13H2,1-3H3/b5-4+. The molecule has 1 aliphatic heterocycles. The van der Waals surface area contributed by atoms with Gasteiger partial charge in [0.2, 0.25) is 5.78 Å². The monoisotopic (exact) mass is 400 g/mol. The second-order valence-corrected chi connectivity index (χ2v) is 7.51. The molecule has 9 nitrogen and oxygen atoms in total. The number of rotatable bonds is 6. The van der Waals surface area contributed by atoms with E-state index in [9.17, 15) is 9.59 Å². The summed E-state index contributed by atoms with van der Waals surface area (Å²) in [6.45, 7) is 9.50. The molecule has 1 saturated heterocycles. The number of ether oxygens (including phenoxy) is 1. The average molecular weight is 400 g/mol. The summed E-state index contributed by atoms with van der Waals surface area (Å²) in [7, 11) is 1.67. The minimum absolute atomic E-state index is 0.254. The Hall–Kier alpha value is -2.65. The molecule has 1 aliphatic rings. The lowest BCUT2D eigenvalue weighted by atomic mass is 10.3. The van der Waals surface area contributed by atoms with Crippen LogP contribution in [0.25, 0.3) is 16.9 Å². The van der Waals surface area contributed by atoms with E-state index in [1.807, 2.05) is 30.5 Å². The first-order chi connectivity index (χ1) is 14.0. The minimum Gasteiger partial charge on any atom is -0.379 e. The fourth-order valence-corrected chi connectivity index (χ4v) is 3.98. The maximum absolute atomic E-state index is 13.1. The molecule has 0 N–H and O–H groups in total. The molecule has 0 aromatic carbocycles. The summed E-state index contributed by atoms with van der Waals surface area (Å²) in [5.74, 6) is 0.704. The van der Waals surface area contributed by atoms with Crippen molar-refractivity contribution in [1.29, 1.82) is 0 Å². The second kappa shape index (κ2) is 8.00. The second-order valence-electron chi connectivity index (χ2n) is 7.51. The third-order valence-corrected chi connectivity index (χ3v) is 5.62. The molecule has 156 valence electrons. The Morgan fingerprint density at radius 1 is 1.17 bits per heavy atom. The first-order valence-corrected chi connectivity index (χ1v) is 10.1. The van der Waals surface area contributed by atoms with Crippen molar-refractivity contribution in [2.24, 2.45) is 7.05 Å². The van der Waals surface area contributed by atoms with Gasteiger partial charge in [0.25, 0.3) is 5.56 Å². The molecule has 3 aromatic heterocycles. The molecule has 0 bridgehead atoms. The van der Waals surface area contributed by atoms with Gasteiger partial charge in [0.1, 0.15) is 0 Å². The lowest BCUT2D eigenvalue weighted by Crippen LogP contribution is -2.39. The summed E-state index contributed by atoms with van der Waals surface area (Å²) in [6.07, 6.45) is 6.55. The number of aromatic nitrogens is 5. The van der Waals surface area contributed by atoms with Crippen LogP contribution in [0.2, 0.25) is 0 Å². The van der Waals surface area contributed by atoms with Gasteiger partial charge in [-0.05, 0) is 20.3 Å². The SMILES string of the molecule is C/C=C/Cn1c(=O)c2c(nc3n(CCCN4CCOCC4)c(C)cn23)n(C)c1=O. The van der Waals surface area contributed by atoms with E-state index in [1.165, 1.54) is 9.13 Å². The Kier molecular flexibility index (Phi) is 5.42. The molecule has 4 heterocycles. The Balaban J connectivity index is 1.72. The molecule has 0 aliphatic carbocycles. The normalized spacial score (nSPS) is 16.0. The van der Waals surface area contributed by atoms with Gasteiger partial charge in [-0.2, -0.15) is 4.98 Å². The first kappa shape index (κ1) is 19.7. The Morgan fingerprint density at radius 2 is 1.93 bits per heavy atom. The van der Waals surface area contributed by atoms with Crippen LogP contribution < -0.4 is 11.2 Å². The van der Waals surface area contributed by atoms with Gasteiger partial charge in [0, 0.05) is 51.7 Å². The number of morpholine rings is 1. The molecule has 0 amide bonds. The summed E-state index contributed by atoms with van der Waals surface area (Å²) < 4.78 is 12.1. The Morgan fingerprint density at radius 3 is 2.66 bits per heavy atom. The van der Waals surface area contributed by atoms with Crippen LogP contribution in [0.1, 0.15) is 19.0 Å². The van der Waals surface area contributed by atoms with Crippen molar-refractivity contribution in [3.05, 3.63) is 44.9 Å². The molecule has 1 fully saturated rings. The summed E-state index contributed by atoms with van der Waals surface area (Å²) >= 11 is 0. The molecule has 0 radical (unpaired) electrons. The van der Waals surface area contributed by atoms with E-state index >= 15 is 0 Å². The molecule has 9 heteroatoms. The van der Waals surface area contributed by atoms with Gasteiger partial charge in [-0.15, -0.1) is 0 Å². The number of allylic oxidation sites excluding steroid dienone is 2. The largest absolute Gasteiger partial charge is 0.379 e. The number of fused-ring (bicyclic) bond motifs is 3. The molecule has 0 unspecified atom stereocenters. The zero-order valence-corrected chi connectivity index (χ0v) is 17.3. The van der Waals surface area contributed by atoms with E-state index in [-0.39, 0.29) is 17.8 Å². The highest BCUT2D eigenvalue weighted by atomic mass is 16.5. The van der Waals surface area contributed by atoms with Gasteiger partial charge in [-0.1, -0.05) is 12.2 Å². The fraction of sp³-hybridized carbons (Fsp3) is 0.550. The van der Waals surface area contributed by atoms with Gasteiger partial charge in [-0.3, -0.25) is 23.2 Å². The van der Waals surface area contributed by atoms with E-state index in [0.29, 0.717) is 16.9 Å². The Bertz CT molecular complexity index is 1170. The van der Waals surface area contributed by atoms with E-state index in [0.717, 1.165) is 51.5 Å². The van der Waals surface area contributed by atoms with Crippen LogP contribution in [0.3, 0.4) is 0 Å². The van der Waals surface area contributed by atoms with Gasteiger partial charge in [0.05, 0.1) is 13.2 Å². The molecule has 4 rings (SSSR count). The summed E-state index contributed by atoms with van der Waals surface area (Å²) in [4.78, 5) is 32.8. The molecule has 0 atom stereocenters. The van der Waals surface area contributed by atoms with Crippen molar-refractivity contribution in [3.63, 3.8) is 0 Å². The van der Waals surface area contributed by atoms with E-state index < -0.39 is 0 Å². The van der Waals surface area contributed by atoms with Crippen molar-refractivity contribution in [2.75, 3.05) is 32.8 Å². The van der Waals surface area contributed by atoms with E-state index in [2.05, 4.69) is 14.5 Å². The number of aryl methyl sites for hydroxylation is 3. The van der Waals surface area contributed by atoms with Crippen LogP contribution >= 0.6 is 0 Å². The number of nitrogens with zero attached hydrogens (tertiary/aromatic N) is 6. The first-order valence-electron chi connectivity index (χ1n) is 10.1. The zero-order chi connectivity index (χ0) is 20.5. The molecule has 0 saturated carbocycles. The van der Waals surface area contributed by atoms with E-state index in [4.69, 9.17) is 4.74 Å². The van der Waals surface area contributed by atoms with Crippen molar-refractivity contribution >= 4 is 16.9 Å². The summed E-state index contributed by atoms with van der Waals surface area (Å²) in [6, 6.07) is 0. The molecular formula is C20H28N6O3. The van der Waals surface area contributed by atoms with Crippen LogP contribution in [0, 0.1) is 6.92 Å². The third-order valence-electron chi connectivity index (χ3n) is 5.62. The van der Waals surface area contributed by atoms with Crippen LogP contribution in [0.5, 0.6) is 0 Å². The van der Waals surface area contributed by atoms with Crippen LogP contribution in [0.4, 0.5) is 0 Å². The lowest BCUT2D eigenvalue weighted by molar-refractivity contribution is 0.0369. The number of hydrogen-bond donors (Lipinski definition) is 0. The molecule has 29 heavy (non-hydrogen) atoms. The van der Waals surface area contributed by atoms with Crippen molar-refractivity contribution in [3.8, 4) is 0 Å². The van der Waals surface area contributed by atoms with E-state index in [1.54, 1.807) is 13.1 Å². The summed E-state index contributed by atoms with van der Waals surface area (Å²) in [5, 5.41) is 0. The Labute approximate surface area is 168 Å². The minimum atomic E-state index is -0.350. The van der Waals surface area contributed by atoms with Crippen LogP contribution in [-0.4, -0.2) is 60.8 Å². The zero-order valence-electron chi connectivity index (χ0n) is 17.3. The van der Waals surface area contributed by atoms with Crippen molar-refractivity contribution < 1.29 is 4.74 Å². The van der Waals surface area contributed by atoms with Gasteiger partial charge >= 0.3 is 5.69 Å². The quantitative estimate of drug-likeness (QED) is 0.571. The third kappa shape index (κ3) is 3.44. The van der Waals surface area contributed by atoms with Crippen molar-refractivity contribution in [1.82, 2.24) is 28.0 Å². The highest BCUT2D eigenvalue weighted by Gasteiger charge is 2.20. The predicted molar refractivity (Wildman–Crippen MR) is 112 cm³/mol. The number of imidazole rings is 2. The maximum Gasteiger partial charge on any atom is 0.332 e. The molecular weight excluding hydrogens is 372 g/mol. The van der Waals surface area contributed by atoms with Gasteiger partial charge in [-0.25, -0.2) is 4.79 Å². The maximum atomic E-state index is 13.1. The van der Waals surface area contributed by atoms with Crippen LogP contribution in [-0.2, 0) is 24.9 Å². The average Bonchev–Trinajstić information content (AvgIpc) is 3.23. The lowest BCUT2D eigenvalue weighted by Gasteiger charge is -2.26. The topological polar surface area (TPSA) is 78.7 Å². The van der Waals surface area contributed by atoms with Gasteiger partial charge < -0.3 is 9.30 Å². The highest BCUT2D eigenvalue weighted by molar-refractivity contribution is 5.75. The van der Waals surface area contributed by atoms with Crippen LogP contribution in [0.15, 0.2) is 27.9 Å².